The first kappa shape index (κ1) is 14.0. The quantitative estimate of drug-likeness (QED) is 0.550. The Morgan fingerprint density at radius 1 is 1.53 bits per heavy atom. The molecule has 3 N–H and O–H groups in total. The molecule has 0 unspecified atom stereocenters. The fourth-order valence-corrected chi connectivity index (χ4v) is 1.75. The molecule has 0 bridgehead atoms. The van der Waals surface area contributed by atoms with Crippen LogP contribution in [0.3, 0.4) is 0 Å². The lowest BCUT2D eigenvalue weighted by atomic mass is 10.4. The summed E-state index contributed by atoms with van der Waals surface area (Å²) in [5.74, 6) is 8.48. The van der Waals surface area contributed by atoms with E-state index < -0.39 is 0 Å². The molecule has 0 fully saturated rings. The van der Waals surface area contributed by atoms with Crippen molar-refractivity contribution in [2.75, 3.05) is 43.0 Å². The SMILES string of the molecule is COCc1nc(NN)cc(N(C)CCSC)n1. The smallest absolute Gasteiger partial charge is 0.158 e. The number of hydrogen-bond donors (Lipinski definition) is 2. The largest absolute Gasteiger partial charge is 0.377 e. The zero-order chi connectivity index (χ0) is 12.7. The van der Waals surface area contributed by atoms with Gasteiger partial charge in [-0.15, -0.1) is 0 Å². The highest BCUT2D eigenvalue weighted by Gasteiger charge is 2.07. The molecule has 0 atom stereocenters. The molecule has 17 heavy (non-hydrogen) atoms. The average molecular weight is 257 g/mol. The van der Waals surface area contributed by atoms with Crippen LogP contribution in [-0.2, 0) is 11.3 Å². The van der Waals surface area contributed by atoms with Crippen molar-refractivity contribution < 1.29 is 4.74 Å². The number of ether oxygens (including phenoxy) is 1. The summed E-state index contributed by atoms with van der Waals surface area (Å²) in [5, 5.41) is 0. The Balaban J connectivity index is 2.85. The van der Waals surface area contributed by atoms with Gasteiger partial charge in [0.15, 0.2) is 5.82 Å². The normalized spacial score (nSPS) is 10.4. The molecule has 0 aliphatic carbocycles. The van der Waals surface area contributed by atoms with Crippen LogP contribution in [0.1, 0.15) is 5.82 Å². The molecular formula is C10H19N5OS. The first-order chi connectivity index (χ1) is 8.21. The van der Waals surface area contributed by atoms with Gasteiger partial charge in [-0.3, -0.25) is 0 Å². The van der Waals surface area contributed by atoms with Gasteiger partial charge in [0.05, 0.1) is 0 Å². The minimum absolute atomic E-state index is 0.374. The second-order valence-corrected chi connectivity index (χ2v) is 4.50. The number of hydrogen-bond acceptors (Lipinski definition) is 7. The number of anilines is 2. The minimum atomic E-state index is 0.374. The van der Waals surface area contributed by atoms with Crippen molar-refractivity contribution in [3.63, 3.8) is 0 Å². The number of nitrogens with zero attached hydrogens (tertiary/aromatic N) is 3. The van der Waals surface area contributed by atoms with E-state index in [0.717, 1.165) is 18.1 Å². The van der Waals surface area contributed by atoms with E-state index in [0.29, 0.717) is 18.2 Å². The number of nitrogens with one attached hydrogen (secondary N) is 1. The van der Waals surface area contributed by atoms with Crippen LogP contribution in [0.15, 0.2) is 6.07 Å². The summed E-state index contributed by atoms with van der Waals surface area (Å²) in [6.45, 7) is 1.30. The Morgan fingerprint density at radius 3 is 2.88 bits per heavy atom. The van der Waals surface area contributed by atoms with Crippen LogP contribution in [0, 0.1) is 0 Å². The first-order valence-electron chi connectivity index (χ1n) is 5.24. The second-order valence-electron chi connectivity index (χ2n) is 3.52. The third-order valence-electron chi connectivity index (χ3n) is 2.20. The van der Waals surface area contributed by atoms with E-state index in [-0.39, 0.29) is 0 Å². The van der Waals surface area contributed by atoms with Gasteiger partial charge in [-0.05, 0) is 6.26 Å². The molecule has 0 amide bonds. The maximum Gasteiger partial charge on any atom is 0.158 e. The predicted octanol–water partition coefficient (Wildman–Crippen LogP) is 0.708. The summed E-state index contributed by atoms with van der Waals surface area (Å²) in [6, 6.07) is 1.82. The van der Waals surface area contributed by atoms with Crippen molar-refractivity contribution in [3.05, 3.63) is 11.9 Å². The number of hydrazine groups is 1. The highest BCUT2D eigenvalue weighted by atomic mass is 32.2. The average Bonchev–Trinajstić information content (AvgIpc) is 2.35. The number of nitrogens with two attached hydrogens (primary N) is 1. The van der Waals surface area contributed by atoms with Crippen molar-refractivity contribution in [2.45, 2.75) is 6.61 Å². The third kappa shape index (κ3) is 4.37. The molecule has 1 aromatic heterocycles. The van der Waals surface area contributed by atoms with Crippen LogP contribution in [0.2, 0.25) is 0 Å². The molecule has 0 aromatic carbocycles. The Morgan fingerprint density at radius 2 is 2.29 bits per heavy atom. The van der Waals surface area contributed by atoms with Gasteiger partial charge in [0.2, 0.25) is 0 Å². The Hall–Kier alpha value is -1.05. The molecule has 1 heterocycles. The van der Waals surface area contributed by atoms with Crippen LogP contribution in [0.4, 0.5) is 11.6 Å². The summed E-state index contributed by atoms with van der Waals surface area (Å²) in [5.41, 5.74) is 2.54. The standard InChI is InChI=1S/C10H19N5OS/c1-15(4-5-17-3)10-6-8(14-11)12-9(13-10)7-16-2/h6H,4-5,7,11H2,1-3H3,(H,12,13,14). The molecular weight excluding hydrogens is 238 g/mol. The summed E-state index contributed by atoms with van der Waals surface area (Å²) in [6.07, 6.45) is 2.08. The van der Waals surface area contributed by atoms with Crippen LogP contribution >= 0.6 is 11.8 Å². The van der Waals surface area contributed by atoms with Gasteiger partial charge < -0.3 is 15.1 Å². The van der Waals surface area contributed by atoms with E-state index in [1.165, 1.54) is 0 Å². The third-order valence-corrected chi connectivity index (χ3v) is 2.79. The van der Waals surface area contributed by atoms with E-state index in [4.69, 9.17) is 10.6 Å². The summed E-state index contributed by atoms with van der Waals surface area (Å²) < 4.78 is 5.03. The lowest BCUT2D eigenvalue weighted by Gasteiger charge is -2.18. The molecule has 0 radical (unpaired) electrons. The Bertz CT molecular complexity index is 349. The summed E-state index contributed by atoms with van der Waals surface area (Å²) in [7, 11) is 3.61. The Labute approximate surface area is 106 Å². The van der Waals surface area contributed by atoms with Crippen LogP contribution in [-0.4, -0.2) is 42.7 Å². The lowest BCUT2D eigenvalue weighted by molar-refractivity contribution is 0.178. The van der Waals surface area contributed by atoms with Gasteiger partial charge in [0.1, 0.15) is 18.2 Å². The molecule has 0 aliphatic rings. The van der Waals surface area contributed by atoms with E-state index in [9.17, 15) is 0 Å². The predicted molar refractivity (Wildman–Crippen MR) is 72.2 cm³/mol. The number of nitrogen functional groups attached to an aromatic ring is 1. The molecule has 0 aliphatic heterocycles. The topological polar surface area (TPSA) is 76.3 Å². The zero-order valence-corrected chi connectivity index (χ0v) is 11.3. The fourth-order valence-electron chi connectivity index (χ4n) is 1.29. The van der Waals surface area contributed by atoms with Gasteiger partial charge >= 0.3 is 0 Å². The summed E-state index contributed by atoms with van der Waals surface area (Å²) >= 11 is 1.80. The number of thioether (sulfide) groups is 1. The van der Waals surface area contributed by atoms with Gasteiger partial charge in [-0.1, -0.05) is 0 Å². The van der Waals surface area contributed by atoms with Crippen molar-refractivity contribution in [2.24, 2.45) is 5.84 Å². The molecule has 7 heteroatoms. The molecule has 6 nitrogen and oxygen atoms in total. The zero-order valence-electron chi connectivity index (χ0n) is 10.4. The molecule has 96 valence electrons. The van der Waals surface area contributed by atoms with E-state index in [1.54, 1.807) is 18.9 Å². The number of methoxy groups -OCH3 is 1. The lowest BCUT2D eigenvalue weighted by Crippen LogP contribution is -2.23. The molecule has 1 aromatic rings. The highest BCUT2D eigenvalue weighted by molar-refractivity contribution is 7.98. The van der Waals surface area contributed by atoms with Gasteiger partial charge in [0.25, 0.3) is 0 Å². The molecule has 1 rings (SSSR count). The van der Waals surface area contributed by atoms with Gasteiger partial charge in [-0.25, -0.2) is 15.8 Å². The molecule has 0 saturated heterocycles. The summed E-state index contributed by atoms with van der Waals surface area (Å²) in [4.78, 5) is 10.7. The van der Waals surface area contributed by atoms with Crippen LogP contribution in [0.5, 0.6) is 0 Å². The highest BCUT2D eigenvalue weighted by Crippen LogP contribution is 2.14. The minimum Gasteiger partial charge on any atom is -0.377 e. The molecule has 0 spiro atoms. The maximum atomic E-state index is 5.38. The first-order valence-corrected chi connectivity index (χ1v) is 6.64. The van der Waals surface area contributed by atoms with E-state index in [2.05, 4.69) is 26.5 Å². The molecule has 0 saturated carbocycles. The van der Waals surface area contributed by atoms with Crippen molar-refractivity contribution >= 4 is 23.4 Å². The van der Waals surface area contributed by atoms with Gasteiger partial charge in [0, 0.05) is 32.5 Å². The second kappa shape index (κ2) is 7.31. The van der Waals surface area contributed by atoms with E-state index in [1.807, 2.05) is 13.1 Å². The van der Waals surface area contributed by atoms with Crippen molar-refractivity contribution in [1.29, 1.82) is 0 Å². The van der Waals surface area contributed by atoms with Crippen LogP contribution < -0.4 is 16.2 Å². The Kier molecular flexibility index (Phi) is 6.03. The number of rotatable bonds is 7. The van der Waals surface area contributed by atoms with Gasteiger partial charge in [-0.2, -0.15) is 11.8 Å². The van der Waals surface area contributed by atoms with E-state index >= 15 is 0 Å². The van der Waals surface area contributed by atoms with Crippen LogP contribution in [0.25, 0.3) is 0 Å². The van der Waals surface area contributed by atoms with Crippen molar-refractivity contribution in [3.8, 4) is 0 Å². The maximum absolute atomic E-state index is 5.38. The fraction of sp³-hybridized carbons (Fsp3) is 0.600. The number of aromatic nitrogens is 2. The monoisotopic (exact) mass is 257 g/mol. The van der Waals surface area contributed by atoms with Crippen molar-refractivity contribution in [1.82, 2.24) is 9.97 Å².